The lowest BCUT2D eigenvalue weighted by molar-refractivity contribution is 0.219. The maximum atomic E-state index is 6.03. The van der Waals surface area contributed by atoms with Crippen LogP contribution in [0.5, 0.6) is 5.75 Å². The molecular formula is C22H32N4O2. The van der Waals surface area contributed by atoms with Crippen LogP contribution < -0.4 is 9.64 Å². The second kappa shape index (κ2) is 8.93. The lowest BCUT2D eigenvalue weighted by Gasteiger charge is -2.30. The molecule has 0 amide bonds. The van der Waals surface area contributed by atoms with E-state index in [9.17, 15) is 0 Å². The summed E-state index contributed by atoms with van der Waals surface area (Å²) in [6, 6.07) is 4.92. The highest BCUT2D eigenvalue weighted by molar-refractivity contribution is 5.26. The molecule has 0 radical (unpaired) electrons. The Morgan fingerprint density at radius 2 is 1.89 bits per heavy atom. The zero-order valence-corrected chi connectivity index (χ0v) is 17.1. The summed E-state index contributed by atoms with van der Waals surface area (Å²) < 4.78 is 11.4. The molecule has 0 spiro atoms. The minimum Gasteiger partial charge on any atom is -0.492 e. The number of pyridine rings is 1. The second-order valence-electron chi connectivity index (χ2n) is 8.58. The highest BCUT2D eigenvalue weighted by Gasteiger charge is 2.24. The first-order chi connectivity index (χ1) is 13.7. The number of hydrogen-bond acceptors (Lipinski definition) is 6. The first kappa shape index (κ1) is 19.2. The van der Waals surface area contributed by atoms with Crippen molar-refractivity contribution in [2.24, 2.45) is 5.92 Å². The van der Waals surface area contributed by atoms with Gasteiger partial charge in [0.2, 0.25) is 0 Å². The van der Waals surface area contributed by atoms with Crippen LogP contribution in [0.4, 0.5) is 6.01 Å². The van der Waals surface area contributed by atoms with E-state index in [1.54, 1.807) is 0 Å². The molecule has 2 aromatic heterocycles. The van der Waals surface area contributed by atoms with Crippen molar-refractivity contribution in [2.75, 3.05) is 24.6 Å². The van der Waals surface area contributed by atoms with Gasteiger partial charge < -0.3 is 14.2 Å². The van der Waals surface area contributed by atoms with Crippen molar-refractivity contribution in [3.05, 3.63) is 29.8 Å². The number of ether oxygens (including phenoxy) is 1. The number of anilines is 1. The normalized spacial score (nSPS) is 19.3. The highest BCUT2D eigenvalue weighted by Crippen LogP contribution is 2.32. The molecule has 1 aliphatic carbocycles. The van der Waals surface area contributed by atoms with Crippen LogP contribution in [0.1, 0.15) is 82.1 Å². The van der Waals surface area contributed by atoms with Crippen LogP contribution in [0, 0.1) is 5.92 Å². The fourth-order valence-corrected chi connectivity index (χ4v) is 4.21. The van der Waals surface area contributed by atoms with Gasteiger partial charge in [0.15, 0.2) is 5.82 Å². The van der Waals surface area contributed by atoms with Gasteiger partial charge in [-0.25, -0.2) is 0 Å². The Hall–Kier alpha value is -2.11. The van der Waals surface area contributed by atoms with Crippen LogP contribution >= 0.6 is 0 Å². The summed E-state index contributed by atoms with van der Waals surface area (Å²) in [5, 5.41) is 4.07. The summed E-state index contributed by atoms with van der Waals surface area (Å²) in [5.74, 6) is 3.17. The average Bonchev–Trinajstić information content (AvgIpc) is 3.24. The third-order valence-corrected chi connectivity index (χ3v) is 6.10. The lowest BCUT2D eigenvalue weighted by Crippen LogP contribution is -2.35. The number of hydrogen-bond donors (Lipinski definition) is 0. The Morgan fingerprint density at radius 3 is 2.54 bits per heavy atom. The maximum absolute atomic E-state index is 6.03. The van der Waals surface area contributed by atoms with E-state index in [4.69, 9.17) is 9.26 Å². The van der Waals surface area contributed by atoms with Gasteiger partial charge in [-0.3, -0.25) is 4.98 Å². The fourth-order valence-electron chi connectivity index (χ4n) is 4.21. The van der Waals surface area contributed by atoms with Crippen LogP contribution in [-0.4, -0.2) is 34.8 Å². The van der Waals surface area contributed by atoms with Crippen molar-refractivity contribution in [3.8, 4) is 5.75 Å². The van der Waals surface area contributed by atoms with Crippen molar-refractivity contribution in [2.45, 2.75) is 70.6 Å². The summed E-state index contributed by atoms with van der Waals surface area (Å²) in [5.41, 5.74) is 1.24. The Labute approximate surface area is 167 Å². The Morgan fingerprint density at radius 1 is 1.11 bits per heavy atom. The number of nitrogens with zero attached hydrogens (tertiary/aromatic N) is 4. The highest BCUT2D eigenvalue weighted by atomic mass is 16.5. The largest absolute Gasteiger partial charge is 0.492 e. The lowest BCUT2D eigenvalue weighted by atomic mass is 9.87. The van der Waals surface area contributed by atoms with E-state index < -0.39 is 0 Å². The molecule has 1 aliphatic heterocycles. The van der Waals surface area contributed by atoms with Crippen molar-refractivity contribution >= 4 is 6.01 Å². The predicted octanol–water partition coefficient (Wildman–Crippen LogP) is 4.93. The van der Waals surface area contributed by atoms with Crippen LogP contribution in [-0.2, 0) is 0 Å². The molecule has 0 atom stereocenters. The van der Waals surface area contributed by atoms with Gasteiger partial charge >= 0.3 is 6.01 Å². The standard InChI is InChI=1S/C22H32N4O2/c1-16(2)21-24-22(28-25-21)26-12-10-17(11-13-26)15-27-19-8-9-20(23-14-19)18-6-4-3-5-7-18/h8-9,14,16-18H,3-7,10-13,15H2,1-2H3. The van der Waals surface area contributed by atoms with E-state index in [-0.39, 0.29) is 0 Å². The quantitative estimate of drug-likeness (QED) is 0.703. The minimum absolute atomic E-state index is 0.293. The Bertz CT molecular complexity index is 729. The molecule has 152 valence electrons. The molecular weight excluding hydrogens is 352 g/mol. The van der Waals surface area contributed by atoms with Gasteiger partial charge in [-0.2, -0.15) is 4.98 Å². The van der Waals surface area contributed by atoms with E-state index in [1.165, 1.54) is 37.8 Å². The fraction of sp³-hybridized carbons (Fsp3) is 0.682. The summed E-state index contributed by atoms with van der Waals surface area (Å²) in [7, 11) is 0. The monoisotopic (exact) mass is 384 g/mol. The summed E-state index contributed by atoms with van der Waals surface area (Å²) >= 11 is 0. The van der Waals surface area contributed by atoms with Crippen LogP contribution in [0.2, 0.25) is 0 Å². The van der Waals surface area contributed by atoms with E-state index >= 15 is 0 Å². The van der Waals surface area contributed by atoms with Crippen molar-refractivity contribution in [1.29, 1.82) is 0 Å². The van der Waals surface area contributed by atoms with Gasteiger partial charge in [-0.15, -0.1) is 0 Å². The Kier molecular flexibility index (Phi) is 6.13. The van der Waals surface area contributed by atoms with E-state index in [2.05, 4.69) is 46.0 Å². The molecule has 6 heteroatoms. The molecule has 6 nitrogen and oxygen atoms in total. The van der Waals surface area contributed by atoms with Crippen LogP contribution in [0.3, 0.4) is 0 Å². The number of piperidine rings is 1. The number of aromatic nitrogens is 3. The van der Waals surface area contributed by atoms with Crippen molar-refractivity contribution in [1.82, 2.24) is 15.1 Å². The smallest absolute Gasteiger partial charge is 0.324 e. The van der Waals surface area contributed by atoms with Crippen LogP contribution in [0.25, 0.3) is 0 Å². The third kappa shape index (κ3) is 4.65. The first-order valence-corrected chi connectivity index (χ1v) is 10.9. The van der Waals surface area contributed by atoms with Crippen molar-refractivity contribution in [3.63, 3.8) is 0 Å². The molecule has 1 saturated heterocycles. The summed E-state index contributed by atoms with van der Waals surface area (Å²) in [6.45, 7) is 6.78. The molecule has 28 heavy (non-hydrogen) atoms. The van der Waals surface area contributed by atoms with Gasteiger partial charge in [0.1, 0.15) is 5.75 Å². The topological polar surface area (TPSA) is 64.3 Å². The summed E-state index contributed by atoms with van der Waals surface area (Å²) in [6.07, 6.45) is 10.7. The van der Waals surface area contributed by atoms with Crippen LogP contribution in [0.15, 0.2) is 22.9 Å². The van der Waals surface area contributed by atoms with E-state index in [1.807, 2.05) is 6.20 Å². The molecule has 0 unspecified atom stereocenters. The zero-order valence-electron chi connectivity index (χ0n) is 17.1. The summed E-state index contributed by atoms with van der Waals surface area (Å²) in [4.78, 5) is 11.4. The number of rotatable bonds is 6. The maximum Gasteiger partial charge on any atom is 0.324 e. The SMILES string of the molecule is CC(C)c1noc(N2CCC(COc3ccc(C4CCCCC4)nc3)CC2)n1. The molecule has 2 fully saturated rings. The molecule has 1 saturated carbocycles. The zero-order chi connectivity index (χ0) is 19.3. The second-order valence-corrected chi connectivity index (χ2v) is 8.58. The third-order valence-electron chi connectivity index (χ3n) is 6.10. The molecule has 4 rings (SSSR count). The molecule has 2 aliphatic rings. The van der Waals surface area contributed by atoms with Gasteiger partial charge in [0.05, 0.1) is 12.8 Å². The van der Waals surface area contributed by atoms with E-state index in [0.29, 0.717) is 23.8 Å². The molecule has 3 heterocycles. The van der Waals surface area contributed by atoms with Gasteiger partial charge in [-0.1, -0.05) is 38.3 Å². The van der Waals surface area contributed by atoms with Crippen molar-refractivity contribution < 1.29 is 9.26 Å². The average molecular weight is 385 g/mol. The molecule has 0 aromatic carbocycles. The Balaban J connectivity index is 1.22. The van der Waals surface area contributed by atoms with Gasteiger partial charge in [0, 0.05) is 30.6 Å². The molecule has 0 bridgehead atoms. The van der Waals surface area contributed by atoms with Gasteiger partial charge in [-0.05, 0) is 43.7 Å². The predicted molar refractivity (Wildman–Crippen MR) is 109 cm³/mol. The molecule has 2 aromatic rings. The molecule has 0 N–H and O–H groups in total. The first-order valence-electron chi connectivity index (χ1n) is 10.9. The van der Waals surface area contributed by atoms with Gasteiger partial charge in [0.25, 0.3) is 0 Å². The minimum atomic E-state index is 0.293. The van der Waals surface area contributed by atoms with E-state index in [0.717, 1.165) is 44.1 Å².